The molecule has 2 atom stereocenters. The van der Waals surface area contributed by atoms with E-state index in [9.17, 15) is 0 Å². The summed E-state index contributed by atoms with van der Waals surface area (Å²) in [6.07, 6.45) is -0.0362. The first-order valence-corrected chi connectivity index (χ1v) is 7.21. The topological polar surface area (TPSA) is 80.1 Å². The van der Waals surface area contributed by atoms with Crippen LogP contribution in [0.15, 0.2) is 4.42 Å². The number of H-pyrrole nitrogens is 1. The van der Waals surface area contributed by atoms with E-state index in [0.29, 0.717) is 11.8 Å². The second-order valence-electron chi connectivity index (χ2n) is 5.70. The minimum absolute atomic E-state index is 0.128. The summed E-state index contributed by atoms with van der Waals surface area (Å²) in [6, 6.07) is 0. The Bertz CT molecular complexity index is 601. The lowest BCUT2D eigenvalue weighted by Crippen LogP contribution is -2.42. The van der Waals surface area contributed by atoms with Gasteiger partial charge in [0.1, 0.15) is 6.10 Å². The molecule has 2 aromatic heterocycles. The lowest BCUT2D eigenvalue weighted by Gasteiger charge is -2.35. The highest BCUT2D eigenvalue weighted by atomic mass is 16.5. The van der Waals surface area contributed by atoms with Gasteiger partial charge in [0.2, 0.25) is 11.8 Å². The highest BCUT2D eigenvalue weighted by Gasteiger charge is 2.30. The van der Waals surface area contributed by atoms with Crippen molar-refractivity contribution in [3.05, 3.63) is 28.7 Å². The predicted octanol–water partition coefficient (Wildman–Crippen LogP) is 1.68. The first-order chi connectivity index (χ1) is 10.0. The average Bonchev–Trinajstić information content (AvgIpc) is 2.99. The van der Waals surface area contributed by atoms with Gasteiger partial charge in [-0.25, -0.2) is 0 Å². The monoisotopic (exact) mass is 291 g/mol. The van der Waals surface area contributed by atoms with Gasteiger partial charge in [-0.1, -0.05) is 0 Å². The first kappa shape index (κ1) is 14.2. The van der Waals surface area contributed by atoms with Crippen molar-refractivity contribution in [1.82, 2.24) is 25.3 Å². The lowest BCUT2D eigenvalue weighted by molar-refractivity contribution is -0.0918. The fourth-order valence-corrected chi connectivity index (χ4v) is 2.78. The Balaban J connectivity index is 1.74. The van der Waals surface area contributed by atoms with Crippen LogP contribution in [0.5, 0.6) is 0 Å². The molecule has 21 heavy (non-hydrogen) atoms. The van der Waals surface area contributed by atoms with Crippen LogP contribution in [0.2, 0.25) is 0 Å². The molecular weight excluding hydrogens is 270 g/mol. The molecule has 1 saturated heterocycles. The van der Waals surface area contributed by atoms with Crippen molar-refractivity contribution < 1.29 is 9.15 Å². The lowest BCUT2D eigenvalue weighted by atomic mass is 10.1. The highest BCUT2D eigenvalue weighted by molar-refractivity contribution is 5.23. The van der Waals surface area contributed by atoms with E-state index >= 15 is 0 Å². The van der Waals surface area contributed by atoms with Gasteiger partial charge in [0.25, 0.3) is 0 Å². The van der Waals surface area contributed by atoms with Crippen molar-refractivity contribution in [1.29, 1.82) is 0 Å². The average molecular weight is 291 g/mol. The van der Waals surface area contributed by atoms with Crippen molar-refractivity contribution in [3.63, 3.8) is 0 Å². The van der Waals surface area contributed by atoms with Crippen LogP contribution in [0.4, 0.5) is 0 Å². The molecule has 0 radical (unpaired) electrons. The Kier molecular flexibility index (Phi) is 3.77. The number of hydrogen-bond donors (Lipinski definition) is 1. The van der Waals surface area contributed by atoms with Crippen LogP contribution >= 0.6 is 0 Å². The summed E-state index contributed by atoms with van der Waals surface area (Å²) in [5.74, 6) is 1.13. The van der Waals surface area contributed by atoms with Crippen LogP contribution in [0.1, 0.15) is 41.8 Å². The molecule has 114 valence electrons. The molecule has 7 heteroatoms. The highest BCUT2D eigenvalue weighted by Crippen LogP contribution is 2.26. The third kappa shape index (κ3) is 2.98. The number of morpholine rings is 1. The number of hydrogen-bond acceptors (Lipinski definition) is 6. The number of rotatable bonds is 3. The second-order valence-corrected chi connectivity index (χ2v) is 5.70. The van der Waals surface area contributed by atoms with Gasteiger partial charge in [-0.15, -0.1) is 10.2 Å². The summed E-state index contributed by atoms with van der Waals surface area (Å²) in [6.45, 7) is 10.4. The zero-order valence-corrected chi connectivity index (χ0v) is 12.9. The number of nitrogens with one attached hydrogen (secondary N) is 1. The predicted molar refractivity (Wildman–Crippen MR) is 75.7 cm³/mol. The van der Waals surface area contributed by atoms with E-state index in [0.717, 1.165) is 31.0 Å². The molecule has 0 spiro atoms. The summed E-state index contributed by atoms with van der Waals surface area (Å²) >= 11 is 0. The molecule has 7 nitrogen and oxygen atoms in total. The van der Waals surface area contributed by atoms with E-state index in [1.807, 2.05) is 6.92 Å². The maximum absolute atomic E-state index is 5.93. The summed E-state index contributed by atoms with van der Waals surface area (Å²) in [5.41, 5.74) is 3.43. The fourth-order valence-electron chi connectivity index (χ4n) is 2.78. The number of aromatic nitrogens is 4. The minimum Gasteiger partial charge on any atom is -0.423 e. The Morgan fingerprint density at radius 3 is 2.67 bits per heavy atom. The van der Waals surface area contributed by atoms with E-state index in [-0.39, 0.29) is 12.2 Å². The molecule has 1 aliphatic rings. The largest absolute Gasteiger partial charge is 0.423 e. The molecule has 1 fully saturated rings. The van der Waals surface area contributed by atoms with Crippen molar-refractivity contribution in [3.8, 4) is 0 Å². The number of aromatic amines is 1. The normalized spacial score (nSPS) is 23.6. The quantitative estimate of drug-likeness (QED) is 0.926. The van der Waals surface area contributed by atoms with Gasteiger partial charge in [0.15, 0.2) is 0 Å². The third-order valence-electron chi connectivity index (χ3n) is 3.82. The SMILES string of the molecule is Cc1nnc([C@H]2CN(Cc3c(C)n[nH]c3C)C[C@@H](C)O2)o1. The molecule has 2 aromatic rings. The first-order valence-electron chi connectivity index (χ1n) is 7.21. The Labute approximate surface area is 123 Å². The fraction of sp³-hybridized carbons (Fsp3) is 0.643. The van der Waals surface area contributed by atoms with Gasteiger partial charge in [-0.05, 0) is 20.8 Å². The second kappa shape index (κ2) is 5.57. The summed E-state index contributed by atoms with van der Waals surface area (Å²) in [5, 5.41) is 15.3. The zero-order valence-electron chi connectivity index (χ0n) is 12.9. The zero-order chi connectivity index (χ0) is 15.0. The van der Waals surface area contributed by atoms with Crippen LogP contribution in [0.25, 0.3) is 0 Å². The molecule has 0 aliphatic carbocycles. The van der Waals surface area contributed by atoms with Crippen LogP contribution < -0.4 is 0 Å². The van der Waals surface area contributed by atoms with E-state index in [1.54, 1.807) is 6.92 Å². The Hall–Kier alpha value is -1.73. The molecule has 0 amide bonds. The molecule has 0 saturated carbocycles. The molecular formula is C14H21N5O2. The third-order valence-corrected chi connectivity index (χ3v) is 3.82. The van der Waals surface area contributed by atoms with Crippen LogP contribution in [0.3, 0.4) is 0 Å². The van der Waals surface area contributed by atoms with Crippen molar-refractivity contribution in [2.45, 2.75) is 46.4 Å². The van der Waals surface area contributed by atoms with Gasteiger partial charge in [0, 0.05) is 37.8 Å². The van der Waals surface area contributed by atoms with Crippen molar-refractivity contribution in [2.24, 2.45) is 0 Å². The van der Waals surface area contributed by atoms with Gasteiger partial charge < -0.3 is 9.15 Å². The summed E-state index contributed by atoms with van der Waals surface area (Å²) in [7, 11) is 0. The Morgan fingerprint density at radius 1 is 1.24 bits per heavy atom. The molecule has 0 aromatic carbocycles. The molecule has 0 unspecified atom stereocenters. The standard InChI is InChI=1S/C14H21N5O2/c1-8-5-19(6-12-9(2)15-16-10(12)3)7-13(20-8)14-18-17-11(4)21-14/h8,13H,5-7H2,1-4H3,(H,15,16)/t8-,13-/m1/s1. The maximum atomic E-state index is 5.93. The summed E-state index contributed by atoms with van der Waals surface area (Å²) in [4.78, 5) is 2.35. The van der Waals surface area contributed by atoms with Crippen molar-refractivity contribution in [2.75, 3.05) is 13.1 Å². The molecule has 1 N–H and O–H groups in total. The van der Waals surface area contributed by atoms with E-state index < -0.39 is 0 Å². The molecule has 3 heterocycles. The van der Waals surface area contributed by atoms with E-state index in [2.05, 4.69) is 39.1 Å². The number of nitrogens with zero attached hydrogens (tertiary/aromatic N) is 4. The van der Waals surface area contributed by atoms with Gasteiger partial charge in [-0.2, -0.15) is 5.10 Å². The Morgan fingerprint density at radius 2 is 2.05 bits per heavy atom. The van der Waals surface area contributed by atoms with Crippen LogP contribution in [-0.2, 0) is 11.3 Å². The molecule has 3 rings (SSSR count). The maximum Gasteiger partial charge on any atom is 0.246 e. The smallest absolute Gasteiger partial charge is 0.246 e. The molecule has 1 aliphatic heterocycles. The van der Waals surface area contributed by atoms with Gasteiger partial charge in [0.05, 0.1) is 11.8 Å². The van der Waals surface area contributed by atoms with Crippen LogP contribution in [-0.4, -0.2) is 44.5 Å². The molecule has 0 bridgehead atoms. The number of ether oxygens (including phenoxy) is 1. The van der Waals surface area contributed by atoms with Crippen molar-refractivity contribution >= 4 is 0 Å². The van der Waals surface area contributed by atoms with Crippen LogP contribution in [0, 0.1) is 20.8 Å². The van der Waals surface area contributed by atoms with E-state index in [4.69, 9.17) is 9.15 Å². The summed E-state index contributed by atoms with van der Waals surface area (Å²) < 4.78 is 11.4. The minimum atomic E-state index is -0.164. The number of aryl methyl sites for hydroxylation is 3. The van der Waals surface area contributed by atoms with Gasteiger partial charge >= 0.3 is 0 Å². The van der Waals surface area contributed by atoms with E-state index in [1.165, 1.54) is 5.56 Å². The van der Waals surface area contributed by atoms with Gasteiger partial charge in [-0.3, -0.25) is 10.00 Å².